The van der Waals surface area contributed by atoms with E-state index in [9.17, 15) is 9.59 Å². The van der Waals surface area contributed by atoms with E-state index in [-0.39, 0.29) is 18.6 Å². The summed E-state index contributed by atoms with van der Waals surface area (Å²) in [4.78, 5) is 23.6. The molecule has 6 nitrogen and oxygen atoms in total. The molecule has 6 heteroatoms. The van der Waals surface area contributed by atoms with E-state index in [4.69, 9.17) is 14.2 Å². The van der Waals surface area contributed by atoms with Crippen LogP contribution in [0.15, 0.2) is 18.2 Å². The normalized spacial score (nSPS) is 13.2. The highest BCUT2D eigenvalue weighted by Crippen LogP contribution is 2.29. The van der Waals surface area contributed by atoms with E-state index in [1.165, 1.54) is 0 Å². The molecule has 0 heterocycles. The largest absolute Gasteiger partial charge is 0.490 e. The van der Waals surface area contributed by atoms with Gasteiger partial charge in [0.2, 0.25) is 0 Å². The van der Waals surface area contributed by atoms with Gasteiger partial charge in [0.25, 0.3) is 5.91 Å². The molecule has 0 saturated heterocycles. The minimum Gasteiger partial charge on any atom is -0.490 e. The molecule has 1 saturated carbocycles. The summed E-state index contributed by atoms with van der Waals surface area (Å²) >= 11 is 0. The summed E-state index contributed by atoms with van der Waals surface area (Å²) in [6, 6.07) is 5.15. The molecular formula is C18H25NO5. The maximum atomic E-state index is 12.1. The fourth-order valence-corrected chi connectivity index (χ4v) is 2.06. The molecule has 1 aliphatic carbocycles. The number of unbranched alkanes of at least 4 members (excludes halogenated alkanes) is 1. The van der Waals surface area contributed by atoms with E-state index >= 15 is 0 Å². The smallest absolute Gasteiger partial charge is 0.338 e. The Labute approximate surface area is 142 Å². The van der Waals surface area contributed by atoms with Gasteiger partial charge in [-0.2, -0.15) is 0 Å². The van der Waals surface area contributed by atoms with Crippen LogP contribution in [-0.4, -0.2) is 37.7 Å². The van der Waals surface area contributed by atoms with E-state index in [0.29, 0.717) is 30.3 Å². The second kappa shape index (κ2) is 9.15. The van der Waals surface area contributed by atoms with Crippen LogP contribution in [0.3, 0.4) is 0 Å². The third-order valence-corrected chi connectivity index (χ3v) is 3.51. The Balaban J connectivity index is 1.93. The molecule has 1 amide bonds. The lowest BCUT2D eigenvalue weighted by Crippen LogP contribution is -2.30. The van der Waals surface area contributed by atoms with E-state index in [1.807, 2.05) is 6.92 Å². The van der Waals surface area contributed by atoms with Gasteiger partial charge in [-0.15, -0.1) is 0 Å². The molecule has 24 heavy (non-hydrogen) atoms. The van der Waals surface area contributed by atoms with Crippen LogP contribution in [-0.2, 0) is 9.53 Å². The van der Waals surface area contributed by atoms with Gasteiger partial charge in [-0.25, -0.2) is 4.79 Å². The Morgan fingerprint density at radius 3 is 2.62 bits per heavy atom. The Bertz CT molecular complexity index is 569. The molecule has 0 aromatic heterocycles. The molecule has 1 N–H and O–H groups in total. The van der Waals surface area contributed by atoms with Crippen LogP contribution < -0.4 is 14.8 Å². The first-order chi connectivity index (χ1) is 11.6. The number of carbonyl (C=O) groups is 2. The first kappa shape index (κ1) is 18.1. The topological polar surface area (TPSA) is 73.9 Å². The first-order valence-electron chi connectivity index (χ1n) is 8.50. The van der Waals surface area contributed by atoms with Crippen LogP contribution >= 0.6 is 0 Å². The van der Waals surface area contributed by atoms with Gasteiger partial charge in [-0.1, -0.05) is 13.3 Å². The Hall–Kier alpha value is -2.24. The van der Waals surface area contributed by atoms with E-state index in [1.54, 1.807) is 18.2 Å². The summed E-state index contributed by atoms with van der Waals surface area (Å²) < 4.78 is 16.2. The van der Waals surface area contributed by atoms with Gasteiger partial charge in [0.1, 0.15) is 0 Å². The van der Waals surface area contributed by atoms with Crippen molar-refractivity contribution in [2.45, 2.75) is 45.6 Å². The fourth-order valence-electron chi connectivity index (χ4n) is 2.06. The van der Waals surface area contributed by atoms with Gasteiger partial charge < -0.3 is 19.5 Å². The molecule has 0 unspecified atom stereocenters. The number of amides is 1. The zero-order chi connectivity index (χ0) is 17.4. The number of hydrogen-bond acceptors (Lipinski definition) is 5. The summed E-state index contributed by atoms with van der Waals surface area (Å²) in [5, 5.41) is 2.77. The molecule has 0 atom stereocenters. The maximum Gasteiger partial charge on any atom is 0.338 e. The molecule has 0 aliphatic heterocycles. The van der Waals surface area contributed by atoms with Crippen LogP contribution in [0.5, 0.6) is 11.5 Å². The van der Waals surface area contributed by atoms with Crippen LogP contribution in [0.25, 0.3) is 0 Å². The second-order valence-electron chi connectivity index (χ2n) is 5.71. The quantitative estimate of drug-likeness (QED) is 0.526. The average molecular weight is 335 g/mol. The van der Waals surface area contributed by atoms with Gasteiger partial charge in [0, 0.05) is 6.04 Å². The van der Waals surface area contributed by atoms with Gasteiger partial charge in [0.15, 0.2) is 18.1 Å². The molecular weight excluding hydrogens is 310 g/mol. The molecule has 132 valence electrons. The van der Waals surface area contributed by atoms with Crippen molar-refractivity contribution < 1.29 is 23.8 Å². The Morgan fingerprint density at radius 2 is 1.96 bits per heavy atom. The van der Waals surface area contributed by atoms with E-state index < -0.39 is 5.97 Å². The lowest BCUT2D eigenvalue weighted by molar-refractivity contribution is -0.124. The predicted octanol–water partition coefficient (Wildman–Crippen LogP) is 2.70. The summed E-state index contributed by atoms with van der Waals surface area (Å²) in [6.07, 6.45) is 3.98. The average Bonchev–Trinajstić information content (AvgIpc) is 3.38. The standard InChI is InChI=1S/C18H25NO5/c1-3-5-10-23-15-9-6-13(11-16(15)22-4-2)18(21)24-12-17(20)19-14-7-8-14/h6,9,11,14H,3-5,7-8,10,12H2,1-2H3,(H,19,20). The fraction of sp³-hybridized carbons (Fsp3) is 0.556. The van der Waals surface area contributed by atoms with Crippen molar-refractivity contribution in [3.63, 3.8) is 0 Å². The highest BCUT2D eigenvalue weighted by atomic mass is 16.5. The van der Waals surface area contributed by atoms with Crippen LogP contribution in [0, 0.1) is 0 Å². The van der Waals surface area contributed by atoms with Crippen molar-refractivity contribution in [1.82, 2.24) is 5.32 Å². The van der Waals surface area contributed by atoms with Crippen molar-refractivity contribution in [3.05, 3.63) is 23.8 Å². The summed E-state index contributed by atoms with van der Waals surface area (Å²) in [5.74, 6) is 0.288. The van der Waals surface area contributed by atoms with Crippen molar-refractivity contribution in [3.8, 4) is 11.5 Å². The number of carbonyl (C=O) groups excluding carboxylic acids is 2. The van der Waals surface area contributed by atoms with Gasteiger partial charge in [-0.05, 0) is 44.4 Å². The third-order valence-electron chi connectivity index (χ3n) is 3.51. The molecule has 1 aliphatic rings. The van der Waals surface area contributed by atoms with Crippen molar-refractivity contribution >= 4 is 11.9 Å². The Morgan fingerprint density at radius 1 is 1.17 bits per heavy atom. The zero-order valence-corrected chi connectivity index (χ0v) is 14.3. The molecule has 2 rings (SSSR count). The van der Waals surface area contributed by atoms with Gasteiger partial charge in [0.05, 0.1) is 18.8 Å². The summed E-state index contributed by atoms with van der Waals surface area (Å²) in [5.41, 5.74) is 0.334. The van der Waals surface area contributed by atoms with Crippen molar-refractivity contribution in [1.29, 1.82) is 0 Å². The van der Waals surface area contributed by atoms with E-state index in [2.05, 4.69) is 12.2 Å². The zero-order valence-electron chi connectivity index (χ0n) is 14.3. The molecule has 1 aromatic carbocycles. The number of benzene rings is 1. The van der Waals surface area contributed by atoms with Crippen molar-refractivity contribution in [2.24, 2.45) is 0 Å². The summed E-state index contributed by atoms with van der Waals surface area (Å²) in [7, 11) is 0. The molecule has 0 bridgehead atoms. The van der Waals surface area contributed by atoms with Gasteiger partial charge >= 0.3 is 5.97 Å². The monoisotopic (exact) mass is 335 g/mol. The Kier molecular flexibility index (Phi) is 6.90. The highest BCUT2D eigenvalue weighted by molar-refractivity contribution is 5.92. The van der Waals surface area contributed by atoms with Crippen LogP contribution in [0.1, 0.15) is 49.9 Å². The maximum absolute atomic E-state index is 12.1. The number of esters is 1. The van der Waals surface area contributed by atoms with E-state index in [0.717, 1.165) is 25.7 Å². The minimum atomic E-state index is -0.554. The molecule has 1 aromatic rings. The third kappa shape index (κ3) is 5.76. The predicted molar refractivity (Wildman–Crippen MR) is 89.5 cm³/mol. The molecule has 1 fully saturated rings. The summed E-state index contributed by atoms with van der Waals surface area (Å²) in [6.45, 7) is 4.75. The number of ether oxygens (including phenoxy) is 3. The molecule has 0 radical (unpaired) electrons. The van der Waals surface area contributed by atoms with Crippen molar-refractivity contribution in [2.75, 3.05) is 19.8 Å². The molecule has 0 spiro atoms. The first-order valence-corrected chi connectivity index (χ1v) is 8.50. The lowest BCUT2D eigenvalue weighted by Gasteiger charge is -2.13. The second-order valence-corrected chi connectivity index (χ2v) is 5.71. The number of rotatable bonds is 10. The lowest BCUT2D eigenvalue weighted by atomic mass is 10.2. The minimum absolute atomic E-state index is 0.250. The van der Waals surface area contributed by atoms with Crippen LogP contribution in [0.2, 0.25) is 0 Å². The SMILES string of the molecule is CCCCOc1ccc(C(=O)OCC(=O)NC2CC2)cc1OCC. The van der Waals surface area contributed by atoms with Gasteiger partial charge in [-0.3, -0.25) is 4.79 Å². The number of hydrogen-bond donors (Lipinski definition) is 1. The number of nitrogens with one attached hydrogen (secondary N) is 1. The highest BCUT2D eigenvalue weighted by Gasteiger charge is 2.23. The van der Waals surface area contributed by atoms with Crippen LogP contribution in [0.4, 0.5) is 0 Å².